The van der Waals surface area contributed by atoms with Crippen LogP contribution in [-0.4, -0.2) is 15.9 Å². The first-order valence-electron chi connectivity index (χ1n) is 10.1. The molecular weight excluding hydrogens is 534 g/mol. The summed E-state index contributed by atoms with van der Waals surface area (Å²) in [4.78, 5) is 21.5. The number of anilines is 2. The molecule has 166 valence electrons. The summed E-state index contributed by atoms with van der Waals surface area (Å²) in [5.41, 5.74) is 1.90. The third kappa shape index (κ3) is 5.83. The number of rotatable bonds is 7. The molecule has 2 aromatic carbocycles. The molecule has 0 aliphatic carbocycles. The number of benzene rings is 2. The molecule has 0 aliphatic rings. The van der Waals surface area contributed by atoms with Crippen LogP contribution in [0.2, 0.25) is 0 Å². The van der Waals surface area contributed by atoms with E-state index in [0.29, 0.717) is 5.75 Å². The highest BCUT2D eigenvalue weighted by Gasteiger charge is 2.27. The molecule has 0 saturated heterocycles. The van der Waals surface area contributed by atoms with Gasteiger partial charge in [0.15, 0.2) is 0 Å². The number of aromatic nitrogens is 2. The van der Waals surface area contributed by atoms with Gasteiger partial charge in [0, 0.05) is 18.1 Å². The number of nitrogens with zero attached hydrogens (tertiary/aromatic N) is 2. The van der Waals surface area contributed by atoms with Crippen LogP contribution < -0.4 is 15.4 Å². The van der Waals surface area contributed by atoms with E-state index in [4.69, 9.17) is 4.74 Å². The van der Waals surface area contributed by atoms with Gasteiger partial charge in [-0.15, -0.1) is 0 Å². The van der Waals surface area contributed by atoms with Crippen molar-refractivity contribution in [1.29, 1.82) is 0 Å². The van der Waals surface area contributed by atoms with Crippen LogP contribution in [0.15, 0.2) is 91.3 Å². The van der Waals surface area contributed by atoms with Crippen molar-refractivity contribution < 1.29 is 13.9 Å². The smallest absolute Gasteiger partial charge is 0.258 e. The Kier molecular flexibility index (Phi) is 6.83. The van der Waals surface area contributed by atoms with E-state index in [-0.39, 0.29) is 23.2 Å². The molecule has 1 unspecified atom stereocenters. The first-order valence-corrected chi connectivity index (χ1v) is 11.2. The molecule has 33 heavy (non-hydrogen) atoms. The summed E-state index contributed by atoms with van der Waals surface area (Å²) in [6, 6.07) is 22.2. The van der Waals surface area contributed by atoms with Crippen molar-refractivity contribution in [2.45, 2.75) is 10.5 Å². The molecule has 2 heterocycles. The summed E-state index contributed by atoms with van der Waals surface area (Å²) in [7, 11) is 0. The van der Waals surface area contributed by atoms with Crippen molar-refractivity contribution in [3.8, 4) is 11.6 Å². The molecule has 4 aromatic rings. The molecule has 2 N–H and O–H groups in total. The summed E-state index contributed by atoms with van der Waals surface area (Å²) in [6.45, 7) is 1.84. The van der Waals surface area contributed by atoms with Gasteiger partial charge in [0.05, 0.1) is 0 Å². The first-order chi connectivity index (χ1) is 15.9. The van der Waals surface area contributed by atoms with E-state index in [0.717, 1.165) is 17.1 Å². The zero-order valence-corrected chi connectivity index (χ0v) is 19.8. The Morgan fingerprint density at radius 2 is 1.67 bits per heavy atom. The minimum atomic E-state index is -0.756. The lowest BCUT2D eigenvalue weighted by Gasteiger charge is -2.25. The quantitative estimate of drug-likeness (QED) is 0.162. The second-order valence-electron chi connectivity index (χ2n) is 7.29. The summed E-state index contributed by atoms with van der Waals surface area (Å²) < 4.78 is 18.4. The van der Waals surface area contributed by atoms with Crippen LogP contribution in [0.25, 0.3) is 0 Å². The summed E-state index contributed by atoms with van der Waals surface area (Å²) >= 11 is 2.12. The van der Waals surface area contributed by atoms with E-state index in [1.165, 1.54) is 12.1 Å². The highest BCUT2D eigenvalue weighted by atomic mass is 127. The number of alkyl halides is 1. The van der Waals surface area contributed by atoms with E-state index in [2.05, 4.69) is 43.2 Å². The maximum atomic E-state index is 13.3. The Morgan fingerprint density at radius 3 is 2.36 bits per heavy atom. The van der Waals surface area contributed by atoms with Gasteiger partial charge in [-0.25, -0.2) is 14.4 Å². The van der Waals surface area contributed by atoms with Crippen molar-refractivity contribution in [2.75, 3.05) is 5.32 Å². The Hall–Kier alpha value is -3.53. The fourth-order valence-corrected chi connectivity index (χ4v) is 3.67. The third-order valence-corrected chi connectivity index (χ3v) is 5.65. The number of hydrogen-bond acceptors (Lipinski definition) is 5. The van der Waals surface area contributed by atoms with Crippen LogP contribution >= 0.6 is 22.6 Å². The Balaban J connectivity index is 1.48. The van der Waals surface area contributed by atoms with Crippen molar-refractivity contribution in [2.24, 2.45) is 0 Å². The predicted molar refractivity (Wildman–Crippen MR) is 134 cm³/mol. The summed E-state index contributed by atoms with van der Waals surface area (Å²) in [5.74, 6) is 0.768. The molecule has 0 fully saturated rings. The van der Waals surface area contributed by atoms with Gasteiger partial charge in [-0.2, -0.15) is 0 Å². The molecule has 6 nitrogen and oxygen atoms in total. The third-order valence-electron chi connectivity index (χ3n) is 4.76. The maximum Gasteiger partial charge on any atom is 0.258 e. The average molecular weight is 554 g/mol. The molecule has 1 amide bonds. The van der Waals surface area contributed by atoms with Gasteiger partial charge in [-0.05, 0) is 95.7 Å². The highest BCUT2D eigenvalue weighted by Crippen LogP contribution is 2.30. The fraction of sp³-hybridized carbons (Fsp3) is 0.0800. The van der Waals surface area contributed by atoms with Gasteiger partial charge in [0.1, 0.15) is 26.5 Å². The number of amides is 1. The van der Waals surface area contributed by atoms with E-state index in [9.17, 15) is 9.18 Å². The first kappa shape index (κ1) is 22.7. The lowest BCUT2D eigenvalue weighted by molar-refractivity contribution is 0.0933. The molecule has 4 rings (SSSR count). The van der Waals surface area contributed by atoms with Crippen LogP contribution in [0.3, 0.4) is 0 Å². The minimum Gasteiger partial charge on any atom is -0.438 e. The van der Waals surface area contributed by atoms with Gasteiger partial charge < -0.3 is 15.4 Å². The fourth-order valence-electron chi connectivity index (χ4n) is 3.06. The molecule has 1 atom stereocenters. The van der Waals surface area contributed by atoms with Crippen LogP contribution in [0.5, 0.6) is 11.6 Å². The standard InChI is InChI=1S/C25H20FIN4O2/c1-25(27,17-7-9-18(26)10-8-17)31-23(32)21-5-4-16-29-24(21)33-20-13-11-19(12-14-20)30-22-6-2-3-15-28-22/h2-16H,1H3,(H,28,30)(H,31,32). The van der Waals surface area contributed by atoms with Gasteiger partial charge in [-0.1, -0.05) is 18.2 Å². The Bertz CT molecular complexity index is 1230. The van der Waals surface area contributed by atoms with Gasteiger partial charge in [-0.3, -0.25) is 4.79 Å². The van der Waals surface area contributed by atoms with Gasteiger partial charge >= 0.3 is 0 Å². The SMILES string of the molecule is CC(I)(NC(=O)c1cccnc1Oc1ccc(Nc2ccccn2)cc1)c1ccc(F)cc1. The Labute approximate surface area is 204 Å². The lowest BCUT2D eigenvalue weighted by Crippen LogP contribution is -2.38. The zero-order chi connectivity index (χ0) is 23.3. The van der Waals surface area contributed by atoms with E-state index in [1.54, 1.807) is 48.8 Å². The number of nitrogens with one attached hydrogen (secondary N) is 2. The lowest BCUT2D eigenvalue weighted by atomic mass is 10.1. The molecule has 8 heteroatoms. The second-order valence-corrected chi connectivity index (χ2v) is 9.44. The largest absolute Gasteiger partial charge is 0.438 e. The van der Waals surface area contributed by atoms with E-state index >= 15 is 0 Å². The normalized spacial score (nSPS) is 12.5. The van der Waals surface area contributed by atoms with E-state index < -0.39 is 3.55 Å². The molecule has 0 aliphatic heterocycles. The summed E-state index contributed by atoms with van der Waals surface area (Å²) in [6.07, 6.45) is 3.27. The number of hydrogen-bond donors (Lipinski definition) is 2. The van der Waals surface area contributed by atoms with Gasteiger partial charge in [0.2, 0.25) is 5.88 Å². The van der Waals surface area contributed by atoms with Crippen molar-refractivity contribution in [3.63, 3.8) is 0 Å². The average Bonchev–Trinajstić information content (AvgIpc) is 2.81. The topological polar surface area (TPSA) is 76.1 Å². The van der Waals surface area contributed by atoms with Crippen LogP contribution in [0.4, 0.5) is 15.9 Å². The van der Waals surface area contributed by atoms with Crippen LogP contribution in [-0.2, 0) is 3.55 Å². The van der Waals surface area contributed by atoms with Crippen molar-refractivity contribution >= 4 is 40.0 Å². The number of pyridine rings is 2. The van der Waals surface area contributed by atoms with Crippen molar-refractivity contribution in [3.05, 3.63) is 108 Å². The molecule has 0 saturated carbocycles. The number of carbonyl (C=O) groups is 1. The van der Waals surface area contributed by atoms with Crippen LogP contribution in [0.1, 0.15) is 22.8 Å². The second kappa shape index (κ2) is 9.95. The van der Waals surface area contributed by atoms with E-state index in [1.807, 2.05) is 37.3 Å². The molecular formula is C25H20FIN4O2. The number of halogens is 2. The zero-order valence-electron chi connectivity index (χ0n) is 17.6. The minimum absolute atomic E-state index is 0.187. The molecule has 0 bridgehead atoms. The van der Waals surface area contributed by atoms with Crippen molar-refractivity contribution in [1.82, 2.24) is 15.3 Å². The highest BCUT2D eigenvalue weighted by molar-refractivity contribution is 14.1. The molecule has 0 spiro atoms. The number of ether oxygens (including phenoxy) is 1. The van der Waals surface area contributed by atoms with Gasteiger partial charge in [0.25, 0.3) is 5.91 Å². The summed E-state index contributed by atoms with van der Waals surface area (Å²) in [5, 5.41) is 6.16. The Morgan fingerprint density at radius 1 is 0.939 bits per heavy atom. The molecule has 2 aromatic heterocycles. The maximum absolute atomic E-state index is 13.3. The number of carbonyl (C=O) groups excluding carboxylic acids is 1. The molecule has 0 radical (unpaired) electrons. The predicted octanol–water partition coefficient (Wildman–Crippen LogP) is 6.19. The monoisotopic (exact) mass is 554 g/mol. The van der Waals surface area contributed by atoms with Crippen LogP contribution in [0, 0.1) is 5.82 Å².